The van der Waals surface area contributed by atoms with Crippen LogP contribution in [0.5, 0.6) is 0 Å². The van der Waals surface area contributed by atoms with E-state index >= 15 is 0 Å². The fraction of sp³-hybridized carbons (Fsp3) is 0.417. The van der Waals surface area contributed by atoms with Crippen LogP contribution in [-0.2, 0) is 0 Å². The molecule has 1 heterocycles. The summed E-state index contributed by atoms with van der Waals surface area (Å²) in [5.74, 6) is 0.802. The van der Waals surface area contributed by atoms with Gasteiger partial charge in [0.2, 0.25) is 0 Å². The van der Waals surface area contributed by atoms with Crippen molar-refractivity contribution in [3.8, 4) is 0 Å². The highest BCUT2D eigenvalue weighted by Gasteiger charge is 2.17. The molecule has 0 unspecified atom stereocenters. The van der Waals surface area contributed by atoms with Gasteiger partial charge in [0.05, 0.1) is 5.69 Å². The fourth-order valence-electron chi connectivity index (χ4n) is 1.48. The van der Waals surface area contributed by atoms with Crippen LogP contribution < -0.4 is 5.73 Å². The van der Waals surface area contributed by atoms with Crippen LogP contribution >= 0.6 is 0 Å². The van der Waals surface area contributed by atoms with Gasteiger partial charge in [-0.3, -0.25) is 4.98 Å². The van der Waals surface area contributed by atoms with E-state index in [0.717, 1.165) is 17.2 Å². The minimum atomic E-state index is 0.00931. The Labute approximate surface area is 84.9 Å². The molecule has 0 aromatic carbocycles. The molecular weight excluding hydrogens is 172 g/mol. The zero-order valence-electron chi connectivity index (χ0n) is 8.48. The second-order valence-electron chi connectivity index (χ2n) is 3.96. The van der Waals surface area contributed by atoms with Crippen LogP contribution in [0.4, 0.5) is 0 Å². The van der Waals surface area contributed by atoms with Crippen molar-refractivity contribution in [2.45, 2.75) is 25.8 Å². The first-order valence-corrected chi connectivity index (χ1v) is 5.16. The van der Waals surface area contributed by atoms with Gasteiger partial charge in [-0.15, -0.1) is 0 Å². The summed E-state index contributed by atoms with van der Waals surface area (Å²) < 4.78 is 0. The van der Waals surface area contributed by atoms with E-state index in [0.29, 0.717) is 0 Å². The summed E-state index contributed by atoms with van der Waals surface area (Å²) in [5.41, 5.74) is 7.99. The van der Waals surface area contributed by atoms with Crippen LogP contribution in [0.15, 0.2) is 24.4 Å². The molecule has 2 N–H and O–H groups in total. The lowest BCUT2D eigenvalue weighted by atomic mass is 10.1. The SMILES string of the molecule is C[C@H](N)c1ncccc1/C=C/C1CC1. The lowest BCUT2D eigenvalue weighted by Crippen LogP contribution is -2.08. The average Bonchev–Trinajstić information content (AvgIpc) is 2.98. The summed E-state index contributed by atoms with van der Waals surface area (Å²) in [6.45, 7) is 1.97. The Kier molecular flexibility index (Phi) is 2.64. The molecular formula is C12H16N2. The smallest absolute Gasteiger partial charge is 0.0640 e. The van der Waals surface area contributed by atoms with Crippen LogP contribution in [0.25, 0.3) is 6.08 Å². The van der Waals surface area contributed by atoms with E-state index in [9.17, 15) is 0 Å². The quantitative estimate of drug-likeness (QED) is 0.791. The Morgan fingerprint density at radius 2 is 2.36 bits per heavy atom. The first-order chi connectivity index (χ1) is 6.77. The number of rotatable bonds is 3. The maximum absolute atomic E-state index is 5.84. The Morgan fingerprint density at radius 3 is 3.00 bits per heavy atom. The van der Waals surface area contributed by atoms with Gasteiger partial charge in [-0.05, 0) is 37.3 Å². The molecule has 2 nitrogen and oxygen atoms in total. The van der Waals surface area contributed by atoms with E-state index in [1.807, 2.05) is 13.0 Å². The minimum Gasteiger partial charge on any atom is -0.323 e. The molecule has 0 radical (unpaired) electrons. The molecule has 0 aliphatic heterocycles. The fourth-order valence-corrected chi connectivity index (χ4v) is 1.48. The average molecular weight is 188 g/mol. The Bertz CT molecular complexity index is 338. The van der Waals surface area contributed by atoms with Gasteiger partial charge in [-0.25, -0.2) is 0 Å². The van der Waals surface area contributed by atoms with Gasteiger partial charge in [0.25, 0.3) is 0 Å². The van der Waals surface area contributed by atoms with Gasteiger partial charge in [-0.1, -0.05) is 18.2 Å². The van der Waals surface area contributed by atoms with E-state index in [1.54, 1.807) is 6.20 Å². The molecule has 1 fully saturated rings. The third-order valence-electron chi connectivity index (χ3n) is 2.47. The molecule has 1 atom stereocenters. The van der Waals surface area contributed by atoms with Crippen molar-refractivity contribution in [2.24, 2.45) is 11.7 Å². The van der Waals surface area contributed by atoms with Crippen LogP contribution in [0.2, 0.25) is 0 Å². The molecule has 0 amide bonds. The van der Waals surface area contributed by atoms with Crippen LogP contribution in [0.3, 0.4) is 0 Å². The monoisotopic (exact) mass is 188 g/mol. The third kappa shape index (κ3) is 2.20. The highest BCUT2D eigenvalue weighted by atomic mass is 14.8. The standard InChI is InChI=1S/C12H16N2/c1-9(13)12-11(3-2-8-14-12)7-6-10-4-5-10/h2-3,6-10H,4-5,13H2,1H3/b7-6+/t9-/m0/s1. The zero-order valence-corrected chi connectivity index (χ0v) is 8.48. The molecule has 0 spiro atoms. The minimum absolute atomic E-state index is 0.00931. The van der Waals surface area contributed by atoms with Gasteiger partial charge in [0.1, 0.15) is 0 Å². The molecule has 2 heteroatoms. The number of nitrogens with zero attached hydrogens (tertiary/aromatic N) is 1. The van der Waals surface area contributed by atoms with Crippen molar-refractivity contribution >= 4 is 6.08 Å². The normalized spacial score (nSPS) is 18.7. The lowest BCUT2D eigenvalue weighted by molar-refractivity contribution is 0.778. The van der Waals surface area contributed by atoms with Gasteiger partial charge in [-0.2, -0.15) is 0 Å². The summed E-state index contributed by atoms with van der Waals surface area (Å²) in [7, 11) is 0. The Hall–Kier alpha value is -1.15. The molecule has 1 aliphatic carbocycles. The van der Waals surface area contributed by atoms with Crippen LogP contribution in [0.1, 0.15) is 37.1 Å². The van der Waals surface area contributed by atoms with Crippen molar-refractivity contribution < 1.29 is 0 Å². The summed E-state index contributed by atoms with van der Waals surface area (Å²) in [6.07, 6.45) is 8.90. The van der Waals surface area contributed by atoms with Crippen molar-refractivity contribution in [1.82, 2.24) is 4.98 Å². The third-order valence-corrected chi connectivity index (χ3v) is 2.47. The second-order valence-corrected chi connectivity index (χ2v) is 3.96. The predicted octanol–water partition coefficient (Wildman–Crippen LogP) is 2.52. The molecule has 1 saturated carbocycles. The van der Waals surface area contributed by atoms with Gasteiger partial charge in [0.15, 0.2) is 0 Å². The summed E-state index contributed by atoms with van der Waals surface area (Å²) in [4.78, 5) is 4.30. The lowest BCUT2D eigenvalue weighted by Gasteiger charge is -2.07. The van der Waals surface area contributed by atoms with Crippen molar-refractivity contribution in [1.29, 1.82) is 0 Å². The van der Waals surface area contributed by atoms with Gasteiger partial charge in [0, 0.05) is 12.2 Å². The number of hydrogen-bond donors (Lipinski definition) is 1. The summed E-state index contributed by atoms with van der Waals surface area (Å²) in [5, 5.41) is 0. The maximum atomic E-state index is 5.84. The van der Waals surface area contributed by atoms with Crippen molar-refractivity contribution in [3.63, 3.8) is 0 Å². The van der Waals surface area contributed by atoms with E-state index in [1.165, 1.54) is 12.8 Å². The predicted molar refractivity (Wildman–Crippen MR) is 58.6 cm³/mol. The highest BCUT2D eigenvalue weighted by molar-refractivity contribution is 5.52. The van der Waals surface area contributed by atoms with E-state index < -0.39 is 0 Å². The molecule has 0 bridgehead atoms. The molecule has 14 heavy (non-hydrogen) atoms. The summed E-state index contributed by atoms with van der Waals surface area (Å²) >= 11 is 0. The number of hydrogen-bond acceptors (Lipinski definition) is 2. The largest absolute Gasteiger partial charge is 0.323 e. The summed E-state index contributed by atoms with van der Waals surface area (Å²) in [6, 6.07) is 4.04. The maximum Gasteiger partial charge on any atom is 0.0640 e. The number of aromatic nitrogens is 1. The Balaban J connectivity index is 2.21. The number of nitrogens with two attached hydrogens (primary N) is 1. The first kappa shape index (κ1) is 9.41. The van der Waals surface area contributed by atoms with Crippen LogP contribution in [-0.4, -0.2) is 4.98 Å². The van der Waals surface area contributed by atoms with Gasteiger partial charge < -0.3 is 5.73 Å². The number of allylic oxidation sites excluding steroid dienone is 1. The van der Waals surface area contributed by atoms with Crippen molar-refractivity contribution in [3.05, 3.63) is 35.7 Å². The van der Waals surface area contributed by atoms with Crippen LogP contribution in [0, 0.1) is 5.92 Å². The molecule has 2 rings (SSSR count). The number of pyridine rings is 1. The van der Waals surface area contributed by atoms with E-state index in [-0.39, 0.29) is 6.04 Å². The van der Waals surface area contributed by atoms with E-state index in [2.05, 4.69) is 23.2 Å². The molecule has 74 valence electrons. The zero-order chi connectivity index (χ0) is 9.97. The second kappa shape index (κ2) is 3.93. The first-order valence-electron chi connectivity index (χ1n) is 5.16. The highest BCUT2D eigenvalue weighted by Crippen LogP contribution is 2.31. The topological polar surface area (TPSA) is 38.9 Å². The Morgan fingerprint density at radius 1 is 1.57 bits per heavy atom. The molecule has 0 saturated heterocycles. The van der Waals surface area contributed by atoms with Gasteiger partial charge >= 0.3 is 0 Å². The molecule has 1 aromatic rings. The molecule has 1 aliphatic rings. The van der Waals surface area contributed by atoms with E-state index in [4.69, 9.17) is 5.73 Å². The van der Waals surface area contributed by atoms with Crippen molar-refractivity contribution in [2.75, 3.05) is 0 Å². The molecule has 1 aromatic heterocycles.